The molecule has 0 N–H and O–H groups in total. The normalized spacial score (nSPS) is 21.4. The van der Waals surface area contributed by atoms with E-state index >= 15 is 0 Å². The molecule has 1 rings (SSSR count). The number of ether oxygens (including phenoxy) is 2. The van der Waals surface area contributed by atoms with E-state index in [1.54, 1.807) is 13.8 Å². The Balaban J connectivity index is 2.55. The lowest BCUT2D eigenvalue weighted by Crippen LogP contribution is -2.27. The van der Waals surface area contributed by atoms with Crippen LogP contribution in [0, 0.1) is 10.1 Å². The summed E-state index contributed by atoms with van der Waals surface area (Å²) >= 11 is 0. The first-order chi connectivity index (χ1) is 6.61. The summed E-state index contributed by atoms with van der Waals surface area (Å²) in [6.45, 7) is 4.51. The Morgan fingerprint density at radius 3 is 2.71 bits per heavy atom. The third kappa shape index (κ3) is 2.99. The van der Waals surface area contributed by atoms with Crippen molar-refractivity contribution in [2.75, 3.05) is 13.2 Å². The summed E-state index contributed by atoms with van der Waals surface area (Å²) in [4.78, 5) is 10.1. The van der Waals surface area contributed by atoms with Gasteiger partial charge in [0.2, 0.25) is 0 Å². The Bertz CT molecular complexity index is 239. The van der Waals surface area contributed by atoms with E-state index in [0.717, 1.165) is 19.4 Å². The van der Waals surface area contributed by atoms with E-state index < -0.39 is 4.92 Å². The molecule has 5 heteroatoms. The highest BCUT2D eigenvalue weighted by atomic mass is 16.7. The van der Waals surface area contributed by atoms with Crippen LogP contribution in [0.4, 0.5) is 0 Å². The van der Waals surface area contributed by atoms with Crippen molar-refractivity contribution in [3.63, 3.8) is 0 Å². The van der Waals surface area contributed by atoms with Gasteiger partial charge in [0, 0.05) is 12.2 Å². The zero-order valence-electron chi connectivity index (χ0n) is 8.49. The van der Waals surface area contributed by atoms with Crippen molar-refractivity contribution >= 4 is 0 Å². The summed E-state index contributed by atoms with van der Waals surface area (Å²) in [7, 11) is 0. The van der Waals surface area contributed by atoms with Crippen molar-refractivity contribution in [3.05, 3.63) is 21.6 Å². The first-order valence-electron chi connectivity index (χ1n) is 4.67. The van der Waals surface area contributed by atoms with Gasteiger partial charge in [-0.2, -0.15) is 0 Å². The van der Waals surface area contributed by atoms with Crippen molar-refractivity contribution in [2.24, 2.45) is 0 Å². The summed E-state index contributed by atoms with van der Waals surface area (Å²) in [5.41, 5.74) is 0.584. The fourth-order valence-corrected chi connectivity index (χ4v) is 1.31. The highest BCUT2D eigenvalue weighted by molar-refractivity contribution is 4.95. The van der Waals surface area contributed by atoms with Gasteiger partial charge in [-0.25, -0.2) is 0 Å². The number of nitro groups is 1. The summed E-state index contributed by atoms with van der Waals surface area (Å²) in [6.07, 6.45) is 1.56. The molecule has 5 nitrogen and oxygen atoms in total. The predicted octanol–water partition coefficient (Wildman–Crippen LogP) is 1.71. The van der Waals surface area contributed by atoms with E-state index in [0.29, 0.717) is 12.2 Å². The third-order valence-corrected chi connectivity index (χ3v) is 1.99. The molecule has 1 aliphatic rings. The van der Waals surface area contributed by atoms with E-state index in [2.05, 4.69) is 0 Å². The molecule has 0 aromatic heterocycles. The highest BCUT2D eigenvalue weighted by Gasteiger charge is 2.23. The number of hydrogen-bond donors (Lipinski definition) is 0. The van der Waals surface area contributed by atoms with E-state index in [1.807, 2.05) is 0 Å². The first-order valence-corrected chi connectivity index (χ1v) is 4.67. The van der Waals surface area contributed by atoms with Gasteiger partial charge < -0.3 is 9.47 Å². The fourth-order valence-electron chi connectivity index (χ4n) is 1.31. The molecule has 1 atom stereocenters. The van der Waals surface area contributed by atoms with Crippen molar-refractivity contribution in [1.29, 1.82) is 0 Å². The molecule has 1 saturated heterocycles. The van der Waals surface area contributed by atoms with Gasteiger partial charge in [-0.05, 0) is 26.7 Å². The molecule has 0 aromatic carbocycles. The average molecular weight is 201 g/mol. The maximum atomic E-state index is 10.6. The molecular weight excluding hydrogens is 186 g/mol. The van der Waals surface area contributed by atoms with Crippen LogP contribution in [-0.2, 0) is 9.47 Å². The second kappa shape index (κ2) is 4.95. The lowest BCUT2D eigenvalue weighted by Gasteiger charge is -2.21. The van der Waals surface area contributed by atoms with Crippen LogP contribution in [0.1, 0.15) is 26.7 Å². The average Bonchev–Trinajstić information content (AvgIpc) is 2.15. The summed E-state index contributed by atoms with van der Waals surface area (Å²) < 4.78 is 10.4. The largest absolute Gasteiger partial charge is 0.435 e. The second-order valence-corrected chi connectivity index (χ2v) is 3.52. The predicted molar refractivity (Wildman–Crippen MR) is 50.3 cm³/mol. The molecule has 1 aliphatic heterocycles. The quantitative estimate of drug-likeness (QED) is 0.396. The van der Waals surface area contributed by atoms with Crippen molar-refractivity contribution in [2.45, 2.75) is 32.8 Å². The fraction of sp³-hybridized carbons (Fsp3) is 0.778. The molecule has 0 bridgehead atoms. The zero-order chi connectivity index (χ0) is 10.6. The van der Waals surface area contributed by atoms with Crippen molar-refractivity contribution < 1.29 is 14.4 Å². The van der Waals surface area contributed by atoms with Crippen LogP contribution in [0.2, 0.25) is 0 Å². The molecular formula is C9H15NO4. The summed E-state index contributed by atoms with van der Waals surface area (Å²) in [5, 5.41) is 10.6. The standard InChI is InChI=1S/C9H15NO4/c1-7(2)9(10(11)12)14-8-4-3-5-13-6-8/h8H,3-6H2,1-2H3. The number of hydrogen-bond acceptors (Lipinski definition) is 4. The van der Waals surface area contributed by atoms with Crippen molar-refractivity contribution in [1.82, 2.24) is 0 Å². The Hall–Kier alpha value is -1.10. The minimum Gasteiger partial charge on any atom is -0.435 e. The lowest BCUT2D eigenvalue weighted by molar-refractivity contribution is -0.469. The molecule has 0 amide bonds. The van der Waals surface area contributed by atoms with E-state index in [9.17, 15) is 10.1 Å². The van der Waals surface area contributed by atoms with Gasteiger partial charge in [0.05, 0.1) is 6.61 Å². The van der Waals surface area contributed by atoms with Gasteiger partial charge in [-0.15, -0.1) is 0 Å². The smallest absolute Gasteiger partial charge is 0.426 e. The van der Waals surface area contributed by atoms with Crippen LogP contribution in [-0.4, -0.2) is 24.2 Å². The second-order valence-electron chi connectivity index (χ2n) is 3.52. The maximum absolute atomic E-state index is 10.6. The van der Waals surface area contributed by atoms with Gasteiger partial charge in [0.1, 0.15) is 11.0 Å². The first kappa shape index (κ1) is 11.0. The Labute approximate surface area is 82.8 Å². The summed E-state index contributed by atoms with van der Waals surface area (Å²) in [5.74, 6) is -0.138. The monoisotopic (exact) mass is 201 g/mol. The van der Waals surface area contributed by atoms with Gasteiger partial charge in [0.15, 0.2) is 0 Å². The maximum Gasteiger partial charge on any atom is 0.426 e. The SMILES string of the molecule is CC(C)=C(OC1CCCOC1)[N+](=O)[O-]. The lowest BCUT2D eigenvalue weighted by atomic mass is 10.2. The molecule has 0 radical (unpaired) electrons. The minimum atomic E-state index is -0.482. The van der Waals surface area contributed by atoms with Crippen LogP contribution >= 0.6 is 0 Å². The van der Waals surface area contributed by atoms with E-state index in [1.165, 1.54) is 0 Å². The Kier molecular flexibility index (Phi) is 3.88. The Morgan fingerprint density at radius 1 is 1.57 bits per heavy atom. The molecule has 0 spiro atoms. The van der Waals surface area contributed by atoms with Crippen molar-refractivity contribution in [3.8, 4) is 0 Å². The number of rotatable bonds is 3. The zero-order valence-corrected chi connectivity index (χ0v) is 8.49. The number of nitrogens with zero attached hydrogens (tertiary/aromatic N) is 1. The van der Waals surface area contributed by atoms with Crippen LogP contribution in [0.15, 0.2) is 11.5 Å². The molecule has 1 fully saturated rings. The molecule has 1 heterocycles. The van der Waals surface area contributed by atoms with Gasteiger partial charge >= 0.3 is 5.88 Å². The van der Waals surface area contributed by atoms with Gasteiger partial charge in [0.25, 0.3) is 0 Å². The van der Waals surface area contributed by atoms with E-state index in [-0.39, 0.29) is 12.0 Å². The van der Waals surface area contributed by atoms with E-state index in [4.69, 9.17) is 9.47 Å². The molecule has 0 aromatic rings. The van der Waals surface area contributed by atoms with Gasteiger partial charge in [-0.3, -0.25) is 10.1 Å². The summed E-state index contributed by atoms with van der Waals surface area (Å²) in [6, 6.07) is 0. The number of allylic oxidation sites excluding steroid dienone is 1. The molecule has 1 unspecified atom stereocenters. The third-order valence-electron chi connectivity index (χ3n) is 1.99. The van der Waals surface area contributed by atoms with Gasteiger partial charge in [-0.1, -0.05) is 0 Å². The van der Waals surface area contributed by atoms with Crippen LogP contribution < -0.4 is 0 Å². The molecule has 14 heavy (non-hydrogen) atoms. The molecule has 0 aliphatic carbocycles. The van der Waals surface area contributed by atoms with Crippen LogP contribution in [0.25, 0.3) is 0 Å². The van der Waals surface area contributed by atoms with Crippen LogP contribution in [0.5, 0.6) is 0 Å². The molecule has 80 valence electrons. The highest BCUT2D eigenvalue weighted by Crippen LogP contribution is 2.16. The van der Waals surface area contributed by atoms with Crippen LogP contribution in [0.3, 0.4) is 0 Å². The topological polar surface area (TPSA) is 61.6 Å². The molecule has 0 saturated carbocycles. The Morgan fingerprint density at radius 2 is 2.29 bits per heavy atom. The minimum absolute atomic E-state index is 0.138.